The van der Waals surface area contributed by atoms with Gasteiger partial charge in [-0.2, -0.15) is 0 Å². The van der Waals surface area contributed by atoms with E-state index in [0.29, 0.717) is 12.0 Å². The molecule has 1 saturated carbocycles. The lowest BCUT2D eigenvalue weighted by Crippen LogP contribution is -2.50. The number of carboxylic acid groups (broad SMARTS) is 1. The van der Waals surface area contributed by atoms with Crippen molar-refractivity contribution in [1.82, 2.24) is 4.90 Å². The monoisotopic (exact) mass is 241 g/mol. The van der Waals surface area contributed by atoms with E-state index in [4.69, 9.17) is 0 Å². The summed E-state index contributed by atoms with van der Waals surface area (Å²) < 4.78 is 0. The highest BCUT2D eigenvalue weighted by Gasteiger charge is 2.37. The molecule has 1 rings (SSSR count). The Hall–Kier alpha value is -0.570. The van der Waals surface area contributed by atoms with E-state index in [9.17, 15) is 9.90 Å². The Labute approximate surface area is 105 Å². The van der Waals surface area contributed by atoms with Gasteiger partial charge in [0.25, 0.3) is 0 Å². The highest BCUT2D eigenvalue weighted by Crippen LogP contribution is 2.33. The molecule has 0 spiro atoms. The molecule has 0 aromatic carbocycles. The van der Waals surface area contributed by atoms with Crippen molar-refractivity contribution in [2.75, 3.05) is 6.54 Å². The van der Waals surface area contributed by atoms with E-state index in [0.717, 1.165) is 32.2 Å². The molecule has 1 N–H and O–H groups in total. The van der Waals surface area contributed by atoms with E-state index in [1.165, 1.54) is 0 Å². The highest BCUT2D eigenvalue weighted by molar-refractivity contribution is 5.71. The minimum absolute atomic E-state index is 0.167. The molecule has 3 heteroatoms. The van der Waals surface area contributed by atoms with Crippen LogP contribution in [0, 0.1) is 11.8 Å². The maximum atomic E-state index is 11.4. The van der Waals surface area contributed by atoms with Crippen molar-refractivity contribution in [1.29, 1.82) is 0 Å². The van der Waals surface area contributed by atoms with Crippen LogP contribution in [0.1, 0.15) is 53.4 Å². The Kier molecular flexibility index (Phi) is 5.44. The zero-order chi connectivity index (χ0) is 13.0. The number of carbonyl (C=O) groups is 1. The molecular weight excluding hydrogens is 214 g/mol. The van der Waals surface area contributed by atoms with Crippen LogP contribution in [0.4, 0.5) is 0 Å². The van der Waals surface area contributed by atoms with Gasteiger partial charge in [0.2, 0.25) is 0 Å². The van der Waals surface area contributed by atoms with E-state index in [-0.39, 0.29) is 12.0 Å². The molecule has 0 aliphatic heterocycles. The quantitative estimate of drug-likeness (QED) is 0.804. The molecule has 1 fully saturated rings. The maximum absolute atomic E-state index is 11.4. The minimum atomic E-state index is -0.608. The summed E-state index contributed by atoms with van der Waals surface area (Å²) >= 11 is 0. The zero-order valence-corrected chi connectivity index (χ0v) is 11.6. The third-order valence-electron chi connectivity index (χ3n) is 3.97. The predicted octanol–water partition coefficient (Wildman–Crippen LogP) is 3.00. The lowest BCUT2D eigenvalue weighted by Gasteiger charge is -2.42. The SMILES string of the molecule is CCCN(C(C)C)C1CC(C)CCC1C(=O)O. The van der Waals surface area contributed by atoms with Gasteiger partial charge in [0.05, 0.1) is 5.92 Å². The zero-order valence-electron chi connectivity index (χ0n) is 11.6. The maximum Gasteiger partial charge on any atom is 0.308 e. The van der Waals surface area contributed by atoms with Gasteiger partial charge >= 0.3 is 5.97 Å². The second-order valence-electron chi connectivity index (χ2n) is 5.76. The molecule has 3 nitrogen and oxygen atoms in total. The summed E-state index contributed by atoms with van der Waals surface area (Å²) in [5.41, 5.74) is 0. The molecule has 3 atom stereocenters. The topological polar surface area (TPSA) is 40.5 Å². The summed E-state index contributed by atoms with van der Waals surface area (Å²) in [7, 11) is 0. The first-order chi connectivity index (χ1) is 7.97. The Morgan fingerprint density at radius 1 is 1.41 bits per heavy atom. The van der Waals surface area contributed by atoms with Crippen molar-refractivity contribution in [2.45, 2.75) is 65.5 Å². The van der Waals surface area contributed by atoms with Crippen LogP contribution in [0.15, 0.2) is 0 Å². The lowest BCUT2D eigenvalue weighted by atomic mass is 9.78. The molecule has 100 valence electrons. The van der Waals surface area contributed by atoms with Crippen LogP contribution in [0.5, 0.6) is 0 Å². The van der Waals surface area contributed by atoms with Crippen LogP contribution in [0.3, 0.4) is 0 Å². The third kappa shape index (κ3) is 3.70. The first kappa shape index (κ1) is 14.5. The number of hydrogen-bond donors (Lipinski definition) is 1. The first-order valence-electron chi connectivity index (χ1n) is 6.95. The van der Waals surface area contributed by atoms with Gasteiger partial charge in [-0.05, 0) is 52.0 Å². The van der Waals surface area contributed by atoms with Crippen LogP contribution in [0.2, 0.25) is 0 Å². The van der Waals surface area contributed by atoms with Gasteiger partial charge in [-0.3, -0.25) is 9.69 Å². The molecule has 1 aliphatic carbocycles. The molecule has 0 saturated heterocycles. The molecule has 0 aromatic heterocycles. The van der Waals surface area contributed by atoms with Gasteiger partial charge in [0.1, 0.15) is 0 Å². The fourth-order valence-electron chi connectivity index (χ4n) is 3.07. The summed E-state index contributed by atoms with van der Waals surface area (Å²) in [6.45, 7) is 9.77. The standard InChI is InChI=1S/C14H27NO2/c1-5-8-15(10(2)3)13-9-11(4)6-7-12(13)14(16)17/h10-13H,5-9H2,1-4H3,(H,16,17). The van der Waals surface area contributed by atoms with Crippen molar-refractivity contribution in [3.05, 3.63) is 0 Å². The van der Waals surface area contributed by atoms with E-state index in [2.05, 4.69) is 32.6 Å². The molecule has 17 heavy (non-hydrogen) atoms. The van der Waals surface area contributed by atoms with Gasteiger partial charge < -0.3 is 5.11 Å². The van der Waals surface area contributed by atoms with E-state index in [1.807, 2.05) is 0 Å². The van der Waals surface area contributed by atoms with Crippen molar-refractivity contribution in [2.24, 2.45) is 11.8 Å². The average Bonchev–Trinajstić information content (AvgIpc) is 2.24. The Bertz CT molecular complexity index is 253. The van der Waals surface area contributed by atoms with Crippen LogP contribution >= 0.6 is 0 Å². The second-order valence-corrected chi connectivity index (χ2v) is 5.76. The van der Waals surface area contributed by atoms with Gasteiger partial charge in [-0.25, -0.2) is 0 Å². The third-order valence-corrected chi connectivity index (χ3v) is 3.97. The number of nitrogens with zero attached hydrogens (tertiary/aromatic N) is 1. The summed E-state index contributed by atoms with van der Waals surface area (Å²) in [5.74, 6) is -0.113. The molecule has 0 aromatic rings. The van der Waals surface area contributed by atoms with Gasteiger partial charge in [0, 0.05) is 12.1 Å². The molecule has 0 amide bonds. The molecule has 3 unspecified atom stereocenters. The van der Waals surface area contributed by atoms with Crippen molar-refractivity contribution in [3.8, 4) is 0 Å². The summed E-state index contributed by atoms with van der Waals surface area (Å²) in [4.78, 5) is 13.8. The van der Waals surface area contributed by atoms with Crippen LogP contribution < -0.4 is 0 Å². The molecule has 0 heterocycles. The highest BCUT2D eigenvalue weighted by atomic mass is 16.4. The molecule has 0 bridgehead atoms. The predicted molar refractivity (Wildman–Crippen MR) is 70.1 cm³/mol. The van der Waals surface area contributed by atoms with E-state index in [1.54, 1.807) is 0 Å². The van der Waals surface area contributed by atoms with E-state index < -0.39 is 5.97 Å². The largest absolute Gasteiger partial charge is 0.481 e. The minimum Gasteiger partial charge on any atom is -0.481 e. The van der Waals surface area contributed by atoms with Crippen molar-refractivity contribution >= 4 is 5.97 Å². The van der Waals surface area contributed by atoms with Gasteiger partial charge in [0.15, 0.2) is 0 Å². The fourth-order valence-corrected chi connectivity index (χ4v) is 3.07. The van der Waals surface area contributed by atoms with Crippen LogP contribution in [0.25, 0.3) is 0 Å². The van der Waals surface area contributed by atoms with Gasteiger partial charge in [-0.15, -0.1) is 0 Å². The molecular formula is C14H27NO2. The second kappa shape index (κ2) is 6.39. The Morgan fingerprint density at radius 2 is 2.06 bits per heavy atom. The van der Waals surface area contributed by atoms with Crippen molar-refractivity contribution in [3.63, 3.8) is 0 Å². The lowest BCUT2D eigenvalue weighted by molar-refractivity contribution is -0.146. The van der Waals surface area contributed by atoms with Crippen LogP contribution in [-0.4, -0.2) is 34.6 Å². The Morgan fingerprint density at radius 3 is 2.53 bits per heavy atom. The fraction of sp³-hybridized carbons (Fsp3) is 0.929. The molecule has 1 aliphatic rings. The van der Waals surface area contributed by atoms with Gasteiger partial charge in [-0.1, -0.05) is 13.8 Å². The normalized spacial score (nSPS) is 29.9. The number of rotatable bonds is 5. The number of aliphatic carboxylic acids is 1. The number of carboxylic acids is 1. The summed E-state index contributed by atoms with van der Waals surface area (Å²) in [6, 6.07) is 0.670. The van der Waals surface area contributed by atoms with E-state index >= 15 is 0 Å². The molecule has 0 radical (unpaired) electrons. The Balaban J connectivity index is 2.81. The van der Waals surface area contributed by atoms with Crippen LogP contribution in [-0.2, 0) is 4.79 Å². The smallest absolute Gasteiger partial charge is 0.308 e. The van der Waals surface area contributed by atoms with Crippen molar-refractivity contribution < 1.29 is 9.90 Å². The summed E-state index contributed by atoms with van der Waals surface area (Å²) in [6.07, 6.45) is 4.03. The number of hydrogen-bond acceptors (Lipinski definition) is 2. The average molecular weight is 241 g/mol. The first-order valence-corrected chi connectivity index (χ1v) is 6.95. The summed E-state index contributed by atoms with van der Waals surface area (Å²) in [5, 5.41) is 9.37.